The second-order valence-corrected chi connectivity index (χ2v) is 11.2. The second kappa shape index (κ2) is 8.79. The Kier molecular flexibility index (Phi) is 6.77. The molecule has 1 saturated heterocycles. The lowest BCUT2D eigenvalue weighted by atomic mass is 10.00. The van der Waals surface area contributed by atoms with Crippen molar-refractivity contribution >= 4 is 39.4 Å². The summed E-state index contributed by atoms with van der Waals surface area (Å²) >= 11 is 3.35. The summed E-state index contributed by atoms with van der Waals surface area (Å²) in [6, 6.07) is 7.90. The number of aliphatic hydroxyl groups is 1. The zero-order valence-electron chi connectivity index (χ0n) is 17.8. The Labute approximate surface area is 181 Å². The highest BCUT2D eigenvalue weighted by Crippen LogP contribution is 2.27. The van der Waals surface area contributed by atoms with Crippen molar-refractivity contribution in [2.45, 2.75) is 64.3 Å². The molecular weight excluding hydrogens is 406 g/mol. The number of nitrogens with one attached hydrogen (secondary N) is 1. The van der Waals surface area contributed by atoms with Gasteiger partial charge in [-0.05, 0) is 46.8 Å². The molecule has 29 heavy (non-hydrogen) atoms. The lowest BCUT2D eigenvalue weighted by molar-refractivity contribution is 0.00653. The quantitative estimate of drug-likeness (QED) is 0.714. The molecule has 2 aromatic rings. The van der Waals surface area contributed by atoms with Crippen LogP contribution in [0.4, 0.5) is 4.79 Å². The van der Waals surface area contributed by atoms with Gasteiger partial charge in [0.15, 0.2) is 0 Å². The number of amides is 1. The van der Waals surface area contributed by atoms with E-state index >= 15 is 0 Å². The van der Waals surface area contributed by atoms with Crippen LogP contribution in [-0.4, -0.2) is 62.5 Å². The molecule has 1 aliphatic heterocycles. The summed E-state index contributed by atoms with van der Waals surface area (Å²) in [6.07, 6.45) is -0.249. The Balaban J connectivity index is 1.56. The van der Waals surface area contributed by atoms with E-state index in [4.69, 9.17) is 9.72 Å². The molecule has 1 aliphatic rings. The first kappa shape index (κ1) is 22.3. The van der Waals surface area contributed by atoms with Gasteiger partial charge in [-0.1, -0.05) is 12.1 Å². The summed E-state index contributed by atoms with van der Waals surface area (Å²) in [4.78, 5) is 18.8. The van der Waals surface area contributed by atoms with Crippen molar-refractivity contribution in [1.29, 1.82) is 0 Å². The van der Waals surface area contributed by atoms with Crippen LogP contribution in [0.25, 0.3) is 10.2 Å². The lowest BCUT2D eigenvalue weighted by Gasteiger charge is -2.32. The van der Waals surface area contributed by atoms with Gasteiger partial charge in [0.05, 0.1) is 33.2 Å². The summed E-state index contributed by atoms with van der Waals surface area (Å²) < 4.78 is 6.68. The Morgan fingerprint density at radius 2 is 2.07 bits per heavy atom. The van der Waals surface area contributed by atoms with Crippen molar-refractivity contribution in [1.82, 2.24) is 15.2 Å². The van der Waals surface area contributed by atoms with Gasteiger partial charge in [0.25, 0.3) is 0 Å². The molecule has 1 fully saturated rings. The maximum Gasteiger partial charge on any atom is 0.411 e. The van der Waals surface area contributed by atoms with Gasteiger partial charge in [0.2, 0.25) is 0 Å². The Hall–Kier alpha value is -1.35. The monoisotopic (exact) mass is 437 g/mol. The number of carbonyl (C=O) groups excluding carboxylic acids is 1. The minimum Gasteiger partial charge on any atom is -0.444 e. The largest absolute Gasteiger partial charge is 0.444 e. The predicted octanol–water partition coefficient (Wildman–Crippen LogP) is 3.88. The number of thiazole rings is 1. The average molecular weight is 438 g/mol. The summed E-state index contributed by atoms with van der Waals surface area (Å²) in [7, 11) is 0. The van der Waals surface area contributed by atoms with Crippen molar-refractivity contribution in [2.75, 3.05) is 18.2 Å². The van der Waals surface area contributed by atoms with Gasteiger partial charge in [-0.3, -0.25) is 4.90 Å². The molecule has 2 atom stereocenters. The number of carbonyl (C=O) groups is 1. The van der Waals surface area contributed by atoms with Gasteiger partial charge in [-0.25, -0.2) is 9.78 Å². The Bertz CT molecular complexity index is 814. The summed E-state index contributed by atoms with van der Waals surface area (Å²) in [5.74, 6) is 1.26. The van der Waals surface area contributed by atoms with Crippen LogP contribution in [0.5, 0.6) is 0 Å². The fourth-order valence-electron chi connectivity index (χ4n) is 3.24. The number of thioether (sulfide) groups is 1. The summed E-state index contributed by atoms with van der Waals surface area (Å²) in [5, 5.41) is 15.3. The highest BCUT2D eigenvalue weighted by atomic mass is 32.2. The molecule has 0 spiro atoms. The average Bonchev–Trinajstić information content (AvgIpc) is 3.24. The molecule has 6 nitrogen and oxygen atoms in total. The molecule has 1 amide bonds. The third-order valence-corrected chi connectivity index (χ3v) is 6.79. The van der Waals surface area contributed by atoms with Gasteiger partial charge in [-0.2, -0.15) is 0 Å². The van der Waals surface area contributed by atoms with Crippen molar-refractivity contribution in [3.63, 3.8) is 0 Å². The molecule has 0 aliphatic carbocycles. The number of aromatic nitrogens is 1. The van der Waals surface area contributed by atoms with E-state index in [1.807, 2.05) is 39.0 Å². The number of hydrogen-bond donors (Lipinski definition) is 2. The van der Waals surface area contributed by atoms with Crippen LogP contribution in [0.2, 0.25) is 0 Å². The van der Waals surface area contributed by atoms with Gasteiger partial charge in [-0.15, -0.1) is 23.1 Å². The fourth-order valence-corrected chi connectivity index (χ4v) is 5.68. The summed E-state index contributed by atoms with van der Waals surface area (Å²) in [6.45, 7) is 10.2. The maximum atomic E-state index is 12.5. The minimum absolute atomic E-state index is 0.225. The van der Waals surface area contributed by atoms with Crippen LogP contribution in [0.15, 0.2) is 24.3 Å². The van der Waals surface area contributed by atoms with Gasteiger partial charge < -0.3 is 15.2 Å². The molecule has 8 heteroatoms. The first-order valence-corrected chi connectivity index (χ1v) is 11.9. The molecule has 3 rings (SSSR count). The molecule has 2 N–H and O–H groups in total. The van der Waals surface area contributed by atoms with E-state index in [1.54, 1.807) is 28.0 Å². The third kappa shape index (κ3) is 6.07. The van der Waals surface area contributed by atoms with Crippen LogP contribution in [-0.2, 0) is 11.2 Å². The van der Waals surface area contributed by atoms with Gasteiger partial charge in [0.1, 0.15) is 5.60 Å². The zero-order chi connectivity index (χ0) is 21.2. The maximum absolute atomic E-state index is 12.5. The fraction of sp³-hybridized carbons (Fsp3) is 0.619. The normalized spacial score (nSPS) is 19.0. The SMILES string of the molecule is CC(C)(Cc1nc2ccccc2s1)NC[C@H](O)[C@H]1CSCN1C(=O)OC(C)(C)C. The second-order valence-electron chi connectivity index (χ2n) is 9.10. The molecule has 0 saturated carbocycles. The number of para-hydroxylation sites is 1. The van der Waals surface area contributed by atoms with E-state index in [9.17, 15) is 9.90 Å². The number of ether oxygens (including phenoxy) is 1. The number of benzene rings is 1. The molecule has 0 unspecified atom stereocenters. The van der Waals surface area contributed by atoms with Crippen molar-refractivity contribution in [3.05, 3.63) is 29.3 Å². The number of hydrogen-bond acceptors (Lipinski definition) is 7. The molecule has 160 valence electrons. The molecule has 0 radical (unpaired) electrons. The van der Waals surface area contributed by atoms with Crippen molar-refractivity contribution < 1.29 is 14.6 Å². The Morgan fingerprint density at radius 3 is 2.76 bits per heavy atom. The topological polar surface area (TPSA) is 74.7 Å². The first-order chi connectivity index (χ1) is 13.5. The zero-order valence-corrected chi connectivity index (χ0v) is 19.4. The number of aliphatic hydroxyl groups excluding tert-OH is 1. The van der Waals surface area contributed by atoms with E-state index in [0.717, 1.165) is 16.9 Å². The smallest absolute Gasteiger partial charge is 0.411 e. The molecule has 0 bridgehead atoms. The van der Waals surface area contributed by atoms with E-state index in [1.165, 1.54) is 4.70 Å². The van der Waals surface area contributed by atoms with Crippen LogP contribution < -0.4 is 5.32 Å². The van der Waals surface area contributed by atoms with E-state index in [-0.39, 0.29) is 17.7 Å². The Morgan fingerprint density at radius 1 is 1.34 bits per heavy atom. The molecule has 2 heterocycles. The van der Waals surface area contributed by atoms with Crippen LogP contribution in [0.3, 0.4) is 0 Å². The molecule has 1 aromatic heterocycles. The number of β-amino-alcohol motifs (C(OH)–C–C–N with tert-alkyl or cyclic N) is 1. The highest BCUT2D eigenvalue weighted by molar-refractivity contribution is 7.99. The number of fused-ring (bicyclic) bond motifs is 1. The first-order valence-electron chi connectivity index (χ1n) is 9.89. The number of nitrogens with zero attached hydrogens (tertiary/aromatic N) is 2. The van der Waals surface area contributed by atoms with E-state index < -0.39 is 11.7 Å². The van der Waals surface area contributed by atoms with Gasteiger partial charge >= 0.3 is 6.09 Å². The third-order valence-electron chi connectivity index (χ3n) is 4.71. The molecule has 1 aromatic carbocycles. The van der Waals surface area contributed by atoms with Crippen LogP contribution >= 0.6 is 23.1 Å². The van der Waals surface area contributed by atoms with Crippen molar-refractivity contribution in [2.24, 2.45) is 0 Å². The minimum atomic E-state index is -0.660. The summed E-state index contributed by atoms with van der Waals surface area (Å²) in [5.41, 5.74) is 0.258. The van der Waals surface area contributed by atoms with Gasteiger partial charge in [0, 0.05) is 24.3 Å². The van der Waals surface area contributed by atoms with Crippen LogP contribution in [0.1, 0.15) is 39.6 Å². The van der Waals surface area contributed by atoms with E-state index in [0.29, 0.717) is 18.2 Å². The molecular formula is C21H31N3O3S2. The predicted molar refractivity (Wildman–Crippen MR) is 121 cm³/mol. The van der Waals surface area contributed by atoms with E-state index in [2.05, 4.69) is 25.2 Å². The van der Waals surface area contributed by atoms with Crippen LogP contribution in [0, 0.1) is 0 Å². The standard InChI is InChI=1S/C21H31N3O3S2/c1-20(2,3)27-19(26)24-13-28-12-15(24)16(25)11-22-21(4,5)10-18-23-14-8-6-7-9-17(14)29-18/h6-9,15-16,22,25H,10-13H2,1-5H3/t15-,16+/m1/s1. The highest BCUT2D eigenvalue weighted by Gasteiger charge is 2.37. The van der Waals surface area contributed by atoms with Crippen molar-refractivity contribution in [3.8, 4) is 0 Å². The number of rotatable bonds is 6. The lowest BCUT2D eigenvalue weighted by Crippen LogP contribution is -2.52.